The number of sulfonamides is 1. The quantitative estimate of drug-likeness (QED) is 0.339. The summed E-state index contributed by atoms with van der Waals surface area (Å²) in [5, 5.41) is 5.84. The number of carbonyl (C=O) groups excluding carboxylic acids is 4. The Kier molecular flexibility index (Phi) is 10.8. The standard InChI is InChI=1S/C41H53N5O9S/c1-6-25-22-41(25,38(49)45-56(51,52)27-19-20-27)44-35(47)31-21-26-23-46(31)37(48)34(40(2,3)4)43-39(50)55-32-18-12-14-24(32)13-8-7-9-16-29-33(53-5)28-15-10-11-17-30(28)42-36(29)54-26/h6-7,9-11,15,17,24-27,31-32,34H,1,8,12-14,16,18-23H2,2-5H3,(H,43,50)(H,44,47)(H,45,49)/b9-7-/t24-,25?,26-,31+,32-,34-,41-/m1/s1. The molecule has 1 aromatic carbocycles. The van der Waals surface area contributed by atoms with Crippen LogP contribution in [0.3, 0.4) is 0 Å². The van der Waals surface area contributed by atoms with Gasteiger partial charge in [-0.1, -0.05) is 51.1 Å². The number of hydrogen-bond donors (Lipinski definition) is 3. The zero-order valence-corrected chi connectivity index (χ0v) is 33.4. The van der Waals surface area contributed by atoms with Crippen LogP contribution in [-0.2, 0) is 35.6 Å². The van der Waals surface area contributed by atoms with Crippen LogP contribution in [0.1, 0.15) is 84.1 Å². The van der Waals surface area contributed by atoms with E-state index in [2.05, 4.69) is 34.1 Å². The molecule has 56 heavy (non-hydrogen) atoms. The first-order valence-corrected chi connectivity index (χ1v) is 21.3. The Morgan fingerprint density at radius 1 is 1.09 bits per heavy atom. The van der Waals surface area contributed by atoms with Gasteiger partial charge in [-0.2, -0.15) is 0 Å². The fraction of sp³-hybridized carbons (Fsp3) is 0.585. The van der Waals surface area contributed by atoms with Gasteiger partial charge in [0.05, 0.1) is 30.0 Å². The van der Waals surface area contributed by atoms with Crippen molar-refractivity contribution in [2.24, 2.45) is 17.3 Å². The van der Waals surface area contributed by atoms with E-state index < -0.39 is 74.1 Å². The highest BCUT2D eigenvalue weighted by Crippen LogP contribution is 2.46. The van der Waals surface area contributed by atoms with Crippen LogP contribution in [0.15, 0.2) is 49.1 Å². The van der Waals surface area contributed by atoms with Crippen molar-refractivity contribution in [1.82, 2.24) is 25.2 Å². The van der Waals surface area contributed by atoms with Gasteiger partial charge in [-0.05, 0) is 81.3 Å². The van der Waals surface area contributed by atoms with Crippen molar-refractivity contribution < 1.29 is 41.8 Å². The number of nitrogens with one attached hydrogen (secondary N) is 3. The number of rotatable bonds is 7. The van der Waals surface area contributed by atoms with Crippen molar-refractivity contribution in [3.8, 4) is 11.6 Å². The molecular formula is C41H53N5O9S. The number of amides is 4. The first kappa shape index (κ1) is 39.6. The summed E-state index contributed by atoms with van der Waals surface area (Å²) in [5.41, 5.74) is -0.998. The average Bonchev–Trinajstić information content (AvgIpc) is 4.04. The van der Waals surface area contributed by atoms with Gasteiger partial charge in [-0.3, -0.25) is 19.1 Å². The molecule has 3 heterocycles. The van der Waals surface area contributed by atoms with Crippen molar-refractivity contribution in [2.45, 2.75) is 120 Å². The number of allylic oxidation sites excluding steroid dienone is 2. The molecule has 0 radical (unpaired) electrons. The maximum Gasteiger partial charge on any atom is 0.408 e. The lowest BCUT2D eigenvalue weighted by molar-refractivity contribution is -0.143. The van der Waals surface area contributed by atoms with Crippen molar-refractivity contribution in [3.63, 3.8) is 0 Å². The van der Waals surface area contributed by atoms with Gasteiger partial charge in [0, 0.05) is 17.7 Å². The molecule has 302 valence electrons. The molecule has 3 N–H and O–H groups in total. The van der Waals surface area contributed by atoms with Crippen molar-refractivity contribution in [2.75, 3.05) is 13.7 Å². The molecular weight excluding hydrogens is 739 g/mol. The third-order valence-corrected chi connectivity index (χ3v) is 13.7. The number of alkyl carbamates (subject to hydrolysis) is 1. The van der Waals surface area contributed by atoms with E-state index in [-0.39, 0.29) is 31.4 Å². The second kappa shape index (κ2) is 15.4. The van der Waals surface area contributed by atoms with Crippen LogP contribution >= 0.6 is 0 Å². The molecule has 4 amide bonds. The van der Waals surface area contributed by atoms with Gasteiger partial charge >= 0.3 is 6.09 Å². The number of fused-ring (bicyclic) bond motifs is 5. The number of pyridine rings is 1. The van der Waals surface area contributed by atoms with Crippen LogP contribution in [0, 0.1) is 17.3 Å². The van der Waals surface area contributed by atoms with Crippen LogP contribution in [0.4, 0.5) is 4.79 Å². The van der Waals surface area contributed by atoms with Crippen LogP contribution in [-0.4, -0.2) is 90.9 Å². The predicted molar refractivity (Wildman–Crippen MR) is 208 cm³/mol. The van der Waals surface area contributed by atoms with Gasteiger partial charge in [0.15, 0.2) is 0 Å². The van der Waals surface area contributed by atoms with E-state index in [1.165, 1.54) is 11.0 Å². The summed E-state index contributed by atoms with van der Waals surface area (Å²) in [6, 6.07) is 5.33. The highest BCUT2D eigenvalue weighted by Gasteiger charge is 2.62. The monoisotopic (exact) mass is 791 g/mol. The minimum absolute atomic E-state index is 0.0194. The molecule has 0 spiro atoms. The Balaban J connectivity index is 1.25. The summed E-state index contributed by atoms with van der Waals surface area (Å²) in [5.74, 6) is -1.45. The Hall–Kier alpha value is -4.66. The number of carbonyl (C=O) groups is 4. The first-order valence-electron chi connectivity index (χ1n) is 19.7. The Morgan fingerprint density at radius 2 is 1.86 bits per heavy atom. The first-order chi connectivity index (χ1) is 26.6. The number of methoxy groups -OCH3 is 1. The predicted octanol–water partition coefficient (Wildman–Crippen LogP) is 4.46. The summed E-state index contributed by atoms with van der Waals surface area (Å²) in [6.45, 7) is 9.22. The fourth-order valence-corrected chi connectivity index (χ4v) is 9.85. The lowest BCUT2D eigenvalue weighted by Crippen LogP contribution is -2.60. The third kappa shape index (κ3) is 7.96. The molecule has 1 aromatic heterocycles. The summed E-state index contributed by atoms with van der Waals surface area (Å²) in [7, 11) is -2.31. The number of para-hydroxylation sites is 1. The topological polar surface area (TPSA) is 182 Å². The van der Waals surface area contributed by atoms with Crippen LogP contribution in [0.5, 0.6) is 11.6 Å². The van der Waals surface area contributed by atoms with E-state index >= 15 is 0 Å². The molecule has 1 unspecified atom stereocenters. The van der Waals surface area contributed by atoms with Crippen LogP contribution in [0.25, 0.3) is 10.9 Å². The van der Waals surface area contributed by atoms with Gasteiger partial charge in [-0.15, -0.1) is 6.58 Å². The van der Waals surface area contributed by atoms with Gasteiger partial charge in [0.1, 0.15) is 35.6 Å². The van der Waals surface area contributed by atoms with E-state index in [1.807, 2.05) is 45.0 Å². The molecule has 15 heteroatoms. The molecule has 7 atom stereocenters. The van der Waals surface area contributed by atoms with Crippen LogP contribution < -0.4 is 24.8 Å². The SMILES string of the molecule is C=CC1C[C@]1(NC(=O)[C@@H]1C[C@@H]2CN1C(=O)[C@H](C(C)(C)C)NC(=O)O[C@@H]1CCC[C@H]1CC/C=C\Cc1c(nc3ccccc3c1OC)O2)C(=O)NS(=O)(=O)C1CC1. The fourth-order valence-electron chi connectivity index (χ4n) is 8.48. The number of aromatic nitrogens is 1. The normalized spacial score (nSPS) is 30.3. The van der Waals surface area contributed by atoms with E-state index in [0.29, 0.717) is 36.4 Å². The molecule has 1 saturated heterocycles. The molecule has 14 nitrogen and oxygen atoms in total. The number of benzene rings is 1. The van der Waals surface area contributed by atoms with Gasteiger partial charge in [0.25, 0.3) is 5.91 Å². The second-order valence-electron chi connectivity index (χ2n) is 16.9. The van der Waals surface area contributed by atoms with Crippen molar-refractivity contribution in [3.05, 3.63) is 54.6 Å². The maximum absolute atomic E-state index is 14.8. The minimum Gasteiger partial charge on any atom is -0.496 e. The van der Waals surface area contributed by atoms with Crippen molar-refractivity contribution in [1.29, 1.82) is 0 Å². The van der Waals surface area contributed by atoms with Crippen molar-refractivity contribution >= 4 is 44.7 Å². The van der Waals surface area contributed by atoms with E-state index in [4.69, 9.17) is 19.2 Å². The lowest BCUT2D eigenvalue weighted by atomic mass is 9.85. The number of ether oxygens (including phenoxy) is 3. The molecule has 3 aliphatic carbocycles. The van der Waals surface area contributed by atoms with Gasteiger partial charge in [0.2, 0.25) is 27.7 Å². The summed E-state index contributed by atoms with van der Waals surface area (Å²) >= 11 is 0. The van der Waals surface area contributed by atoms with Gasteiger partial charge in [-0.25, -0.2) is 18.2 Å². The second-order valence-corrected chi connectivity index (χ2v) is 18.9. The number of nitrogens with zero attached hydrogens (tertiary/aromatic N) is 2. The van der Waals surface area contributed by atoms with E-state index in [9.17, 15) is 27.6 Å². The summed E-state index contributed by atoms with van der Waals surface area (Å²) in [6.07, 6.45) is 9.67. The third-order valence-electron chi connectivity index (χ3n) is 11.9. The van der Waals surface area contributed by atoms with Gasteiger partial charge < -0.3 is 29.7 Å². The van der Waals surface area contributed by atoms with E-state index in [0.717, 1.165) is 43.1 Å². The zero-order valence-electron chi connectivity index (χ0n) is 32.5. The Labute approximate surface area is 328 Å². The molecule has 4 fully saturated rings. The lowest BCUT2D eigenvalue weighted by Gasteiger charge is -2.35. The highest BCUT2D eigenvalue weighted by molar-refractivity contribution is 7.91. The largest absolute Gasteiger partial charge is 0.496 e. The Morgan fingerprint density at radius 3 is 2.55 bits per heavy atom. The molecule has 2 bridgehead atoms. The van der Waals surface area contributed by atoms with E-state index in [1.54, 1.807) is 7.11 Å². The number of hydrogen-bond acceptors (Lipinski definition) is 10. The average molecular weight is 792 g/mol. The Bertz CT molecular complexity index is 2040. The molecule has 2 aliphatic heterocycles. The molecule has 7 rings (SSSR count). The smallest absolute Gasteiger partial charge is 0.408 e. The molecule has 2 aromatic rings. The highest BCUT2D eigenvalue weighted by atomic mass is 32.2. The maximum atomic E-state index is 14.8. The van der Waals surface area contributed by atoms with Crippen LogP contribution in [0.2, 0.25) is 0 Å². The summed E-state index contributed by atoms with van der Waals surface area (Å²) < 4.78 is 46.3. The summed E-state index contributed by atoms with van der Waals surface area (Å²) in [4.78, 5) is 62.6. The minimum atomic E-state index is -3.91. The molecule has 3 saturated carbocycles. The zero-order chi connectivity index (χ0) is 40.0. The molecule has 5 aliphatic rings.